The zero-order valence-corrected chi connectivity index (χ0v) is 18.5. The third-order valence-electron chi connectivity index (χ3n) is 6.67. The first kappa shape index (κ1) is 21.9. The molecule has 1 atom stereocenters. The molecule has 2 aliphatic carbocycles. The van der Waals surface area contributed by atoms with Crippen LogP contribution in [-0.4, -0.2) is 37.1 Å². The largest absolute Gasteiger partial charge is 0.496 e. The van der Waals surface area contributed by atoms with Gasteiger partial charge in [-0.1, -0.05) is 49.6 Å². The van der Waals surface area contributed by atoms with Crippen LogP contribution in [0.1, 0.15) is 37.7 Å². The number of carbonyl (C=O) groups excluding carboxylic acids is 1. The first-order valence-corrected chi connectivity index (χ1v) is 11.0. The molecule has 4 rings (SSSR count). The second kappa shape index (κ2) is 9.07. The minimum absolute atomic E-state index is 0.124. The van der Waals surface area contributed by atoms with Gasteiger partial charge in [0, 0.05) is 18.2 Å². The van der Waals surface area contributed by atoms with Crippen molar-refractivity contribution in [3.8, 4) is 22.6 Å². The number of carboxylic acids is 1. The maximum Gasteiger partial charge on any atom is 0.326 e. The van der Waals surface area contributed by atoms with Crippen molar-refractivity contribution in [2.75, 3.05) is 14.2 Å². The SMILES string of the molecule is COc1cc(CC(NC2=CC(=O)C23CCCCC3)C(=O)O)cc(OC)c1-c1ccccc1. The summed E-state index contributed by atoms with van der Waals surface area (Å²) in [4.78, 5) is 24.5. The van der Waals surface area contributed by atoms with Gasteiger partial charge in [-0.3, -0.25) is 4.79 Å². The van der Waals surface area contributed by atoms with Gasteiger partial charge < -0.3 is 19.9 Å². The Balaban J connectivity index is 1.61. The Hall–Kier alpha value is -3.28. The van der Waals surface area contributed by atoms with E-state index in [4.69, 9.17) is 9.47 Å². The fourth-order valence-electron chi connectivity index (χ4n) is 4.91. The maximum atomic E-state index is 12.4. The Bertz CT molecular complexity index is 1010. The van der Waals surface area contributed by atoms with Crippen molar-refractivity contribution >= 4 is 11.8 Å². The molecule has 0 aliphatic heterocycles. The third-order valence-corrected chi connectivity index (χ3v) is 6.67. The van der Waals surface area contributed by atoms with Crippen LogP contribution in [0.25, 0.3) is 11.1 Å². The van der Waals surface area contributed by atoms with Crippen LogP contribution in [0, 0.1) is 5.41 Å². The summed E-state index contributed by atoms with van der Waals surface area (Å²) in [5.74, 6) is 0.411. The number of hydrogen-bond donors (Lipinski definition) is 2. The van der Waals surface area contributed by atoms with Gasteiger partial charge in [0.25, 0.3) is 0 Å². The molecule has 32 heavy (non-hydrogen) atoms. The van der Waals surface area contributed by atoms with Gasteiger partial charge in [-0.25, -0.2) is 4.79 Å². The number of nitrogens with one attached hydrogen (secondary N) is 1. The van der Waals surface area contributed by atoms with E-state index < -0.39 is 17.4 Å². The van der Waals surface area contributed by atoms with E-state index in [1.54, 1.807) is 20.3 Å². The number of ketones is 1. The van der Waals surface area contributed by atoms with E-state index in [0.29, 0.717) is 11.5 Å². The number of carboxylic acid groups (broad SMARTS) is 1. The number of aliphatic carboxylic acids is 1. The molecule has 1 unspecified atom stereocenters. The van der Waals surface area contributed by atoms with Gasteiger partial charge in [0.15, 0.2) is 5.78 Å². The summed E-state index contributed by atoms with van der Waals surface area (Å²) in [6.45, 7) is 0. The number of benzene rings is 2. The molecule has 2 aromatic rings. The predicted octanol–water partition coefficient (Wildman–Crippen LogP) is 4.37. The van der Waals surface area contributed by atoms with Crippen molar-refractivity contribution in [1.29, 1.82) is 0 Å². The van der Waals surface area contributed by atoms with E-state index in [0.717, 1.165) is 54.5 Å². The normalized spacial score (nSPS) is 17.8. The molecular weight excluding hydrogens is 406 g/mol. The first-order chi connectivity index (χ1) is 15.5. The van der Waals surface area contributed by atoms with Gasteiger partial charge in [0.2, 0.25) is 0 Å². The lowest BCUT2D eigenvalue weighted by molar-refractivity contribution is -0.140. The molecule has 6 heteroatoms. The maximum absolute atomic E-state index is 12.4. The van der Waals surface area contributed by atoms with Gasteiger partial charge in [0.1, 0.15) is 17.5 Å². The lowest BCUT2D eigenvalue weighted by atomic mass is 9.62. The number of allylic oxidation sites excluding steroid dienone is 2. The van der Waals surface area contributed by atoms with Crippen LogP contribution < -0.4 is 14.8 Å². The van der Waals surface area contributed by atoms with Crippen molar-refractivity contribution in [2.24, 2.45) is 5.41 Å². The molecule has 1 saturated carbocycles. The van der Waals surface area contributed by atoms with Crippen LogP contribution in [0.3, 0.4) is 0 Å². The van der Waals surface area contributed by atoms with Crippen LogP contribution in [0.15, 0.2) is 54.2 Å². The molecule has 0 amide bonds. The minimum atomic E-state index is -0.957. The lowest BCUT2D eigenvalue weighted by Crippen LogP contribution is -2.51. The summed E-state index contributed by atoms with van der Waals surface area (Å²) >= 11 is 0. The molecule has 1 fully saturated rings. The van der Waals surface area contributed by atoms with Crippen LogP contribution in [0.5, 0.6) is 11.5 Å². The highest BCUT2D eigenvalue weighted by molar-refractivity contribution is 6.05. The van der Waals surface area contributed by atoms with Gasteiger partial charge in [-0.15, -0.1) is 0 Å². The second-order valence-electron chi connectivity index (χ2n) is 8.55. The Labute approximate surface area is 188 Å². The van der Waals surface area contributed by atoms with Crippen molar-refractivity contribution in [3.63, 3.8) is 0 Å². The van der Waals surface area contributed by atoms with Crippen LogP contribution in [0.2, 0.25) is 0 Å². The van der Waals surface area contributed by atoms with E-state index in [2.05, 4.69) is 5.32 Å². The molecule has 1 spiro atoms. The fourth-order valence-corrected chi connectivity index (χ4v) is 4.91. The number of carbonyl (C=O) groups is 2. The standard InChI is InChI=1S/C26H29NO5/c1-31-20-14-17(15-21(32-2)24(20)18-9-5-3-6-10-18)13-19(25(29)30)27-22-16-23(28)26(22)11-7-4-8-12-26/h3,5-6,9-10,14-16,19,27H,4,7-8,11-13H2,1-2H3,(H,29,30). The van der Waals surface area contributed by atoms with E-state index in [-0.39, 0.29) is 12.2 Å². The number of rotatable bonds is 8. The molecule has 168 valence electrons. The van der Waals surface area contributed by atoms with Gasteiger partial charge >= 0.3 is 5.97 Å². The monoisotopic (exact) mass is 435 g/mol. The summed E-state index contributed by atoms with van der Waals surface area (Å²) in [7, 11) is 3.19. The lowest BCUT2D eigenvalue weighted by Gasteiger charge is -2.44. The van der Waals surface area contributed by atoms with E-state index >= 15 is 0 Å². The summed E-state index contributed by atoms with van der Waals surface area (Å²) in [5, 5.41) is 13.1. The predicted molar refractivity (Wildman–Crippen MR) is 122 cm³/mol. The van der Waals surface area contributed by atoms with Crippen LogP contribution in [0.4, 0.5) is 0 Å². The molecule has 2 N–H and O–H groups in total. The van der Waals surface area contributed by atoms with Crippen molar-refractivity contribution in [3.05, 3.63) is 59.8 Å². The highest BCUT2D eigenvalue weighted by atomic mass is 16.5. The Morgan fingerprint density at radius 2 is 1.69 bits per heavy atom. The summed E-state index contributed by atoms with van der Waals surface area (Å²) in [6, 6.07) is 12.7. The van der Waals surface area contributed by atoms with Gasteiger partial charge in [0.05, 0.1) is 25.2 Å². The summed E-state index contributed by atoms with van der Waals surface area (Å²) < 4.78 is 11.3. The van der Waals surface area contributed by atoms with E-state index in [1.807, 2.05) is 42.5 Å². The Morgan fingerprint density at radius 1 is 1.06 bits per heavy atom. The first-order valence-electron chi connectivity index (χ1n) is 11.0. The number of ether oxygens (including phenoxy) is 2. The van der Waals surface area contributed by atoms with Crippen LogP contribution >= 0.6 is 0 Å². The molecule has 0 saturated heterocycles. The van der Waals surface area contributed by atoms with Gasteiger partial charge in [-0.2, -0.15) is 0 Å². The molecule has 0 aromatic heterocycles. The third kappa shape index (κ3) is 3.97. The number of methoxy groups -OCH3 is 2. The smallest absolute Gasteiger partial charge is 0.326 e. The fraction of sp³-hybridized carbons (Fsp3) is 0.385. The molecule has 6 nitrogen and oxygen atoms in total. The molecular formula is C26H29NO5. The Kier molecular flexibility index (Phi) is 6.21. The second-order valence-corrected chi connectivity index (χ2v) is 8.55. The Morgan fingerprint density at radius 3 is 2.22 bits per heavy atom. The number of hydrogen-bond acceptors (Lipinski definition) is 5. The zero-order valence-electron chi connectivity index (χ0n) is 18.5. The van der Waals surface area contributed by atoms with Crippen LogP contribution in [-0.2, 0) is 16.0 Å². The average Bonchev–Trinajstić information content (AvgIpc) is 2.83. The van der Waals surface area contributed by atoms with E-state index in [9.17, 15) is 14.7 Å². The molecule has 0 bridgehead atoms. The summed E-state index contributed by atoms with van der Waals surface area (Å²) in [5.41, 5.74) is 2.83. The quantitative estimate of drug-likeness (QED) is 0.640. The van der Waals surface area contributed by atoms with E-state index in [1.165, 1.54) is 0 Å². The van der Waals surface area contributed by atoms with Crippen molar-refractivity contribution < 1.29 is 24.2 Å². The highest BCUT2D eigenvalue weighted by Gasteiger charge is 2.49. The highest BCUT2D eigenvalue weighted by Crippen LogP contribution is 2.48. The van der Waals surface area contributed by atoms with Gasteiger partial charge in [-0.05, 0) is 36.1 Å². The topological polar surface area (TPSA) is 84.9 Å². The average molecular weight is 436 g/mol. The molecule has 2 aliphatic rings. The molecule has 2 aromatic carbocycles. The zero-order chi connectivity index (χ0) is 22.7. The molecule has 0 radical (unpaired) electrons. The summed E-state index contributed by atoms with van der Waals surface area (Å²) in [6.07, 6.45) is 6.52. The van der Waals surface area contributed by atoms with Crippen molar-refractivity contribution in [1.82, 2.24) is 5.32 Å². The molecule has 0 heterocycles. The van der Waals surface area contributed by atoms with Crippen molar-refractivity contribution in [2.45, 2.75) is 44.6 Å². The minimum Gasteiger partial charge on any atom is -0.496 e.